The van der Waals surface area contributed by atoms with Crippen LogP contribution in [0.15, 0.2) is 48.5 Å². The Morgan fingerprint density at radius 2 is 1.44 bits per heavy atom. The average molecular weight is 451 g/mol. The van der Waals surface area contributed by atoms with E-state index < -0.39 is 0 Å². The minimum absolute atomic E-state index is 0.0719. The molecule has 0 radical (unpaired) electrons. The lowest BCUT2D eigenvalue weighted by molar-refractivity contribution is 0.0498. The second-order valence-corrected chi connectivity index (χ2v) is 11.4. The Morgan fingerprint density at radius 1 is 0.875 bits per heavy atom. The molecule has 4 nitrogen and oxygen atoms in total. The molecule has 0 aliphatic carbocycles. The van der Waals surface area contributed by atoms with Crippen LogP contribution in [0.1, 0.15) is 72.4 Å². The van der Waals surface area contributed by atoms with E-state index in [4.69, 9.17) is 0 Å². The molecule has 2 amide bonds. The van der Waals surface area contributed by atoms with E-state index >= 15 is 0 Å². The lowest BCUT2D eigenvalue weighted by atomic mass is 9.86. The summed E-state index contributed by atoms with van der Waals surface area (Å²) in [4.78, 5) is 30.2. The quantitative estimate of drug-likeness (QED) is 0.631. The van der Waals surface area contributed by atoms with Gasteiger partial charge in [0, 0.05) is 36.5 Å². The number of aryl methyl sites for hydroxylation is 1. The summed E-state index contributed by atoms with van der Waals surface area (Å²) >= 11 is 1.89. The van der Waals surface area contributed by atoms with Gasteiger partial charge in [0.1, 0.15) is 0 Å². The summed E-state index contributed by atoms with van der Waals surface area (Å²) in [6.07, 6.45) is 2.62. The molecule has 2 aliphatic rings. The van der Waals surface area contributed by atoms with Gasteiger partial charge in [0.05, 0.1) is 4.87 Å². The number of piperidine rings is 1. The van der Waals surface area contributed by atoms with Crippen molar-refractivity contribution in [3.05, 3.63) is 70.8 Å². The SMILES string of the molecule is CCc1ccc(C(=O)N2CCC3(CC2)SCCN3C(=O)c2ccc(C(C)(C)C)cc2)cc1. The predicted molar refractivity (Wildman–Crippen MR) is 132 cm³/mol. The second kappa shape index (κ2) is 8.93. The summed E-state index contributed by atoms with van der Waals surface area (Å²) in [5.41, 5.74) is 4.06. The first-order chi connectivity index (χ1) is 15.2. The second-order valence-electron chi connectivity index (χ2n) is 9.92. The van der Waals surface area contributed by atoms with E-state index in [0.717, 1.165) is 42.7 Å². The first-order valence-electron chi connectivity index (χ1n) is 11.7. The van der Waals surface area contributed by atoms with E-state index in [0.29, 0.717) is 13.1 Å². The van der Waals surface area contributed by atoms with Crippen molar-refractivity contribution >= 4 is 23.6 Å². The number of carbonyl (C=O) groups is 2. The smallest absolute Gasteiger partial charge is 0.254 e. The standard InChI is InChI=1S/C27H34N2O2S/c1-5-20-6-8-21(9-7-20)24(30)28-16-14-27(15-17-28)29(18-19-32-27)25(31)22-10-12-23(13-11-22)26(2,3)4/h6-13H,5,14-19H2,1-4H3. The molecule has 0 atom stereocenters. The highest BCUT2D eigenvalue weighted by atomic mass is 32.2. The molecule has 2 aromatic rings. The number of likely N-dealkylation sites (tertiary alicyclic amines) is 1. The number of hydrogen-bond donors (Lipinski definition) is 0. The lowest BCUT2D eigenvalue weighted by Crippen LogP contribution is -2.53. The Kier molecular flexibility index (Phi) is 6.39. The van der Waals surface area contributed by atoms with Crippen LogP contribution in [0.3, 0.4) is 0 Å². The first kappa shape index (κ1) is 22.9. The molecule has 0 bridgehead atoms. The third kappa shape index (κ3) is 4.45. The van der Waals surface area contributed by atoms with E-state index in [-0.39, 0.29) is 22.1 Å². The minimum atomic E-state index is -0.192. The van der Waals surface area contributed by atoms with Crippen molar-refractivity contribution in [3.8, 4) is 0 Å². The Balaban J connectivity index is 1.44. The summed E-state index contributed by atoms with van der Waals surface area (Å²) in [7, 11) is 0. The highest BCUT2D eigenvalue weighted by Crippen LogP contribution is 2.44. The molecule has 4 rings (SSSR count). The van der Waals surface area contributed by atoms with E-state index in [1.807, 2.05) is 53.1 Å². The zero-order valence-electron chi connectivity index (χ0n) is 19.7. The number of hydrogen-bond acceptors (Lipinski definition) is 3. The number of nitrogens with zero attached hydrogens (tertiary/aromatic N) is 2. The Morgan fingerprint density at radius 3 is 2.00 bits per heavy atom. The van der Waals surface area contributed by atoms with Crippen molar-refractivity contribution in [3.63, 3.8) is 0 Å². The third-order valence-corrected chi connectivity index (χ3v) is 8.41. The van der Waals surface area contributed by atoms with Crippen LogP contribution in [-0.4, -0.2) is 51.9 Å². The number of carbonyl (C=O) groups excluding carboxylic acids is 2. The number of rotatable bonds is 3. The van der Waals surface area contributed by atoms with Crippen molar-refractivity contribution in [2.45, 2.75) is 57.2 Å². The van der Waals surface area contributed by atoms with Crippen LogP contribution in [0.25, 0.3) is 0 Å². The predicted octanol–water partition coefficient (Wildman–Crippen LogP) is 5.37. The third-order valence-electron chi connectivity index (χ3n) is 6.86. The lowest BCUT2D eigenvalue weighted by Gasteiger charge is -2.44. The summed E-state index contributed by atoms with van der Waals surface area (Å²) in [5, 5.41) is 0. The van der Waals surface area contributed by atoms with Crippen LogP contribution in [0.5, 0.6) is 0 Å². The van der Waals surface area contributed by atoms with Crippen molar-refractivity contribution in [1.82, 2.24) is 9.80 Å². The Bertz CT molecular complexity index is 968. The van der Waals surface area contributed by atoms with Gasteiger partial charge in [0.2, 0.25) is 0 Å². The van der Waals surface area contributed by atoms with Gasteiger partial charge in [-0.15, -0.1) is 11.8 Å². The summed E-state index contributed by atoms with van der Waals surface area (Å²) in [6, 6.07) is 16.0. The van der Waals surface area contributed by atoms with Gasteiger partial charge < -0.3 is 9.80 Å². The van der Waals surface area contributed by atoms with Crippen molar-refractivity contribution < 1.29 is 9.59 Å². The first-order valence-corrected chi connectivity index (χ1v) is 12.7. The fourth-order valence-electron chi connectivity index (χ4n) is 4.70. The van der Waals surface area contributed by atoms with E-state index in [2.05, 4.69) is 44.7 Å². The molecule has 0 N–H and O–H groups in total. The van der Waals surface area contributed by atoms with Gasteiger partial charge in [-0.3, -0.25) is 9.59 Å². The molecule has 2 aliphatic heterocycles. The van der Waals surface area contributed by atoms with Crippen molar-refractivity contribution in [2.24, 2.45) is 0 Å². The monoisotopic (exact) mass is 450 g/mol. The van der Waals surface area contributed by atoms with Crippen molar-refractivity contribution in [1.29, 1.82) is 0 Å². The van der Waals surface area contributed by atoms with Gasteiger partial charge in [-0.25, -0.2) is 0 Å². The highest BCUT2D eigenvalue weighted by Gasteiger charge is 2.47. The molecule has 2 aromatic carbocycles. The maximum absolute atomic E-state index is 13.4. The number of benzene rings is 2. The molecule has 2 heterocycles. The molecule has 2 fully saturated rings. The fraction of sp³-hybridized carbons (Fsp3) is 0.481. The van der Waals surface area contributed by atoms with Gasteiger partial charge in [-0.1, -0.05) is 52.0 Å². The highest BCUT2D eigenvalue weighted by molar-refractivity contribution is 8.00. The van der Waals surface area contributed by atoms with Crippen LogP contribution >= 0.6 is 11.8 Å². The zero-order chi connectivity index (χ0) is 22.9. The van der Waals surface area contributed by atoms with Gasteiger partial charge in [0.15, 0.2) is 0 Å². The molecule has 2 saturated heterocycles. The van der Waals surface area contributed by atoms with Crippen LogP contribution in [0.2, 0.25) is 0 Å². The van der Waals surface area contributed by atoms with Crippen LogP contribution in [0.4, 0.5) is 0 Å². The molecule has 5 heteroatoms. The fourth-order valence-corrected chi connectivity index (χ4v) is 6.16. The van der Waals surface area contributed by atoms with Crippen molar-refractivity contribution in [2.75, 3.05) is 25.4 Å². The molecule has 32 heavy (non-hydrogen) atoms. The van der Waals surface area contributed by atoms with Gasteiger partial charge in [-0.05, 0) is 60.1 Å². The normalized spacial score (nSPS) is 18.2. The van der Waals surface area contributed by atoms with E-state index in [9.17, 15) is 9.59 Å². The van der Waals surface area contributed by atoms with Crippen LogP contribution in [0, 0.1) is 0 Å². The van der Waals surface area contributed by atoms with Gasteiger partial charge in [0.25, 0.3) is 11.8 Å². The maximum Gasteiger partial charge on any atom is 0.254 e. The van der Waals surface area contributed by atoms with Gasteiger partial charge >= 0.3 is 0 Å². The molecule has 0 saturated carbocycles. The Labute approximate surface area is 196 Å². The molecule has 170 valence electrons. The number of amides is 2. The molecule has 1 spiro atoms. The zero-order valence-corrected chi connectivity index (χ0v) is 20.5. The van der Waals surface area contributed by atoms with E-state index in [1.165, 1.54) is 11.1 Å². The van der Waals surface area contributed by atoms with Crippen LogP contribution in [-0.2, 0) is 11.8 Å². The summed E-state index contributed by atoms with van der Waals surface area (Å²) < 4.78 is 0. The van der Waals surface area contributed by atoms with E-state index in [1.54, 1.807) is 0 Å². The Hall–Kier alpha value is -2.27. The molecule has 0 unspecified atom stereocenters. The summed E-state index contributed by atoms with van der Waals surface area (Å²) in [6.45, 7) is 10.8. The molecule has 0 aromatic heterocycles. The van der Waals surface area contributed by atoms with Gasteiger partial charge in [-0.2, -0.15) is 0 Å². The molecular weight excluding hydrogens is 416 g/mol. The van der Waals surface area contributed by atoms with Crippen LogP contribution < -0.4 is 0 Å². The molecular formula is C27H34N2O2S. The minimum Gasteiger partial charge on any atom is -0.338 e. The largest absolute Gasteiger partial charge is 0.338 e. The topological polar surface area (TPSA) is 40.6 Å². The summed E-state index contributed by atoms with van der Waals surface area (Å²) in [5.74, 6) is 1.17. The average Bonchev–Trinajstić information content (AvgIpc) is 3.21. The number of thioether (sulfide) groups is 1. The maximum atomic E-state index is 13.4.